The van der Waals surface area contributed by atoms with Crippen LogP contribution in [0.25, 0.3) is 0 Å². The number of hydrogen-bond acceptors (Lipinski definition) is 8. The van der Waals surface area contributed by atoms with Gasteiger partial charge in [0, 0.05) is 0 Å². The largest absolute Gasteiger partial charge is 0.480 e. The summed E-state index contributed by atoms with van der Waals surface area (Å²) in [5, 5.41) is 16.2. The fourth-order valence-corrected chi connectivity index (χ4v) is 7.89. The highest BCUT2D eigenvalue weighted by molar-refractivity contribution is 8.18. The maximum atomic E-state index is 13.8. The van der Waals surface area contributed by atoms with Crippen molar-refractivity contribution in [1.82, 2.24) is 10.6 Å². The van der Waals surface area contributed by atoms with Crippen LogP contribution < -0.4 is 10.6 Å². The van der Waals surface area contributed by atoms with Crippen LogP contribution in [0, 0.1) is 5.92 Å². The number of piperidine rings is 1. The highest BCUT2D eigenvalue weighted by Gasteiger charge is 2.53. The number of aliphatic carboxylic acids is 1. The minimum atomic E-state index is -1.02. The number of rotatable bonds is 14. The smallest absolute Gasteiger partial charge is 0.323 e. The normalized spacial score (nSPS) is 21.4. The van der Waals surface area contributed by atoms with Gasteiger partial charge in [-0.2, -0.15) is 0 Å². The molecule has 3 N–H and O–H groups in total. The van der Waals surface area contributed by atoms with Crippen LogP contribution >= 0.6 is 23.5 Å². The molecule has 2 rings (SSSR count). The molecular weight excluding hydrogens is 472 g/mol. The first-order valence-corrected chi connectivity index (χ1v) is 14.0. The Morgan fingerprint density at radius 2 is 1.82 bits per heavy atom. The summed E-state index contributed by atoms with van der Waals surface area (Å²) in [7, 11) is 0. The molecule has 1 aliphatic heterocycles. The number of nitrogens with one attached hydrogen (secondary N) is 2. The molecule has 1 aromatic rings. The molecule has 0 radical (unpaired) electrons. The number of hydrogen-bond donors (Lipinski definition) is 3. The number of carbonyl (C=O) groups excluding carboxylic acids is 2. The van der Waals surface area contributed by atoms with Crippen molar-refractivity contribution in [2.24, 2.45) is 5.92 Å². The van der Waals surface area contributed by atoms with Crippen molar-refractivity contribution < 1.29 is 24.2 Å². The summed E-state index contributed by atoms with van der Waals surface area (Å²) in [5.41, 5.74) is 1.10. The van der Waals surface area contributed by atoms with Gasteiger partial charge >= 0.3 is 11.9 Å². The molecular formula is C25H38N2O5S2. The Hall–Kier alpha value is -1.55. The van der Waals surface area contributed by atoms with E-state index in [2.05, 4.69) is 10.6 Å². The second-order valence-electron chi connectivity index (χ2n) is 8.30. The third-order valence-electron chi connectivity index (χ3n) is 6.01. The van der Waals surface area contributed by atoms with Crippen molar-refractivity contribution in [1.29, 1.82) is 0 Å². The minimum absolute atomic E-state index is 0.185. The van der Waals surface area contributed by atoms with Gasteiger partial charge in [0.05, 0.1) is 22.6 Å². The van der Waals surface area contributed by atoms with Crippen molar-refractivity contribution in [3.8, 4) is 0 Å². The molecule has 1 aromatic carbocycles. The second kappa shape index (κ2) is 14.1. The zero-order chi connectivity index (χ0) is 25.1. The van der Waals surface area contributed by atoms with Crippen LogP contribution in [-0.2, 0) is 25.5 Å². The first-order valence-electron chi connectivity index (χ1n) is 12.0. The van der Waals surface area contributed by atoms with Crippen LogP contribution in [0.3, 0.4) is 0 Å². The number of esters is 1. The monoisotopic (exact) mass is 510 g/mol. The highest BCUT2D eigenvalue weighted by atomic mass is 32.2. The van der Waals surface area contributed by atoms with Crippen molar-refractivity contribution >= 4 is 41.2 Å². The lowest BCUT2D eigenvalue weighted by Gasteiger charge is -2.46. The average molecular weight is 511 g/mol. The standard InChI is InChI=1S/C25H38N2O5S2/c1-5-32-24(31)19(14-13-18-11-9-8-10-12-18)27-17(4)22(28)20-21(23(29)30)26-16-15-25(20,33-6-2)34-7-3/h8-12,17,19-21,26-27H,5-7,13-16H2,1-4H3,(H,29,30)/t17?,19-,20?,21-/m0/s1. The van der Waals surface area contributed by atoms with Crippen molar-refractivity contribution in [3.05, 3.63) is 35.9 Å². The lowest BCUT2D eigenvalue weighted by molar-refractivity contribution is -0.148. The Morgan fingerprint density at radius 3 is 2.38 bits per heavy atom. The van der Waals surface area contributed by atoms with Crippen molar-refractivity contribution in [2.75, 3.05) is 24.7 Å². The van der Waals surface area contributed by atoms with Gasteiger partial charge in [-0.05, 0) is 56.7 Å². The SMILES string of the molecule is CCOC(=O)[C@H](CCc1ccccc1)NC(C)C(=O)C1[C@@H](C(=O)O)NCCC1(SCC)SCC. The molecule has 34 heavy (non-hydrogen) atoms. The van der Waals surface area contributed by atoms with E-state index in [-0.39, 0.29) is 12.4 Å². The van der Waals surface area contributed by atoms with Gasteiger partial charge in [-0.15, -0.1) is 23.5 Å². The number of thioether (sulfide) groups is 2. The van der Waals surface area contributed by atoms with E-state index < -0.39 is 40.1 Å². The summed E-state index contributed by atoms with van der Waals surface area (Å²) in [6.07, 6.45) is 1.83. The molecule has 0 spiro atoms. The molecule has 1 saturated heterocycles. The molecule has 0 saturated carbocycles. The van der Waals surface area contributed by atoms with Crippen LogP contribution in [0.4, 0.5) is 0 Å². The van der Waals surface area contributed by atoms with Gasteiger partial charge in [0.2, 0.25) is 0 Å². The Balaban J connectivity index is 2.26. The molecule has 0 amide bonds. The molecule has 1 fully saturated rings. The first-order chi connectivity index (χ1) is 16.3. The summed E-state index contributed by atoms with van der Waals surface area (Å²) < 4.78 is 4.75. The minimum Gasteiger partial charge on any atom is -0.480 e. The summed E-state index contributed by atoms with van der Waals surface area (Å²) in [6, 6.07) is 7.52. The summed E-state index contributed by atoms with van der Waals surface area (Å²) in [5.74, 6) is -0.759. The van der Waals surface area contributed by atoms with Gasteiger partial charge < -0.3 is 15.2 Å². The van der Waals surface area contributed by atoms with E-state index in [1.54, 1.807) is 37.4 Å². The Kier molecular flexibility index (Phi) is 11.9. The van der Waals surface area contributed by atoms with Crippen LogP contribution in [0.5, 0.6) is 0 Å². The van der Waals surface area contributed by atoms with E-state index in [1.807, 2.05) is 44.2 Å². The fraction of sp³-hybridized carbons (Fsp3) is 0.640. The molecule has 0 bridgehead atoms. The molecule has 9 heteroatoms. The lowest BCUT2D eigenvalue weighted by atomic mass is 9.83. The number of carboxylic acid groups (broad SMARTS) is 1. The van der Waals surface area contributed by atoms with Gasteiger partial charge in [-0.25, -0.2) is 0 Å². The molecule has 2 unspecified atom stereocenters. The molecule has 1 heterocycles. The van der Waals surface area contributed by atoms with Crippen molar-refractivity contribution in [3.63, 3.8) is 0 Å². The number of carboxylic acids is 1. The summed E-state index contributed by atoms with van der Waals surface area (Å²) >= 11 is 3.32. The third-order valence-corrected chi connectivity index (χ3v) is 9.19. The molecule has 7 nitrogen and oxygen atoms in total. The second-order valence-corrected chi connectivity index (χ2v) is 11.7. The van der Waals surface area contributed by atoms with E-state index >= 15 is 0 Å². The Labute approximate surface area is 211 Å². The number of aryl methyl sites for hydroxylation is 1. The van der Waals surface area contributed by atoms with Crippen LogP contribution in [0.2, 0.25) is 0 Å². The molecule has 1 aliphatic rings. The lowest BCUT2D eigenvalue weighted by Crippen LogP contribution is -2.62. The van der Waals surface area contributed by atoms with E-state index in [4.69, 9.17) is 4.74 Å². The predicted molar refractivity (Wildman–Crippen MR) is 139 cm³/mol. The zero-order valence-corrected chi connectivity index (χ0v) is 22.2. The van der Waals surface area contributed by atoms with Crippen LogP contribution in [0.15, 0.2) is 30.3 Å². The summed E-state index contributed by atoms with van der Waals surface area (Å²) in [6.45, 7) is 8.34. The number of carbonyl (C=O) groups is 3. The molecule has 0 aromatic heterocycles. The van der Waals surface area contributed by atoms with Gasteiger partial charge in [0.15, 0.2) is 5.78 Å². The Morgan fingerprint density at radius 1 is 1.18 bits per heavy atom. The van der Waals surface area contributed by atoms with Gasteiger partial charge in [-0.3, -0.25) is 19.7 Å². The van der Waals surface area contributed by atoms with Crippen LogP contribution in [-0.4, -0.2) is 69.7 Å². The van der Waals surface area contributed by atoms with E-state index in [0.29, 0.717) is 25.8 Å². The molecule has 0 aliphatic carbocycles. The van der Waals surface area contributed by atoms with Crippen molar-refractivity contribution in [2.45, 2.75) is 69.2 Å². The van der Waals surface area contributed by atoms with Gasteiger partial charge in [0.25, 0.3) is 0 Å². The zero-order valence-electron chi connectivity index (χ0n) is 20.5. The number of benzene rings is 1. The van der Waals surface area contributed by atoms with Gasteiger partial charge in [0.1, 0.15) is 12.1 Å². The van der Waals surface area contributed by atoms with E-state index in [0.717, 1.165) is 17.1 Å². The average Bonchev–Trinajstić information content (AvgIpc) is 2.82. The van der Waals surface area contributed by atoms with E-state index in [9.17, 15) is 19.5 Å². The number of ether oxygens (including phenoxy) is 1. The maximum Gasteiger partial charge on any atom is 0.323 e. The third kappa shape index (κ3) is 7.47. The molecule has 190 valence electrons. The van der Waals surface area contributed by atoms with E-state index in [1.165, 1.54) is 0 Å². The fourth-order valence-electron chi connectivity index (χ4n) is 4.52. The molecule has 4 atom stereocenters. The first kappa shape index (κ1) is 28.7. The van der Waals surface area contributed by atoms with Gasteiger partial charge in [-0.1, -0.05) is 44.2 Å². The highest BCUT2D eigenvalue weighted by Crippen LogP contribution is 2.50. The number of Topliss-reactive ketones (excluding diaryl/α,β-unsaturated/α-hetero) is 1. The summed E-state index contributed by atoms with van der Waals surface area (Å²) in [4.78, 5) is 38.7. The maximum absolute atomic E-state index is 13.8. The van der Waals surface area contributed by atoms with Crippen LogP contribution in [0.1, 0.15) is 46.1 Å². The topological polar surface area (TPSA) is 105 Å². The quantitative estimate of drug-likeness (QED) is 0.257. The predicted octanol–water partition coefficient (Wildman–Crippen LogP) is 3.36. The number of ketones is 1. The Bertz CT molecular complexity index is 796.